The van der Waals surface area contributed by atoms with Gasteiger partial charge in [0.25, 0.3) is 0 Å². The Morgan fingerprint density at radius 3 is 1.24 bits per heavy atom. The third-order valence-electron chi connectivity index (χ3n) is 2.50. The Morgan fingerprint density at radius 1 is 0.647 bits per heavy atom. The monoisotopic (exact) mass is 242 g/mol. The number of hydrogen-bond acceptors (Lipinski definition) is 2. The quantitative estimate of drug-likeness (QED) is 0.577. The van der Waals surface area contributed by atoms with Crippen LogP contribution in [0.3, 0.4) is 0 Å². The van der Waals surface area contributed by atoms with Gasteiger partial charge in [-0.05, 0) is 11.1 Å². The summed E-state index contributed by atoms with van der Waals surface area (Å²) in [6.45, 7) is 0. The van der Waals surface area contributed by atoms with Gasteiger partial charge in [0, 0.05) is 0 Å². The summed E-state index contributed by atoms with van der Waals surface area (Å²) in [6, 6.07) is 19.4. The zero-order chi connectivity index (χ0) is 10.7. The van der Waals surface area contributed by atoms with Gasteiger partial charge in [-0.2, -0.15) is 0 Å². The van der Waals surface area contributed by atoms with Crippen LogP contribution in [0.15, 0.2) is 60.7 Å². The predicted octanol–water partition coefficient (Wildman–Crippen LogP) is 0.0642. The molecule has 0 aliphatic heterocycles. The molecule has 2 rings (SSSR count). The van der Waals surface area contributed by atoms with Gasteiger partial charge in [0.1, 0.15) is 5.66 Å². The first-order valence-corrected chi connectivity index (χ1v) is 4.90. The first kappa shape index (κ1) is 16.1. The lowest BCUT2D eigenvalue weighted by atomic mass is 9.93. The second-order valence-electron chi connectivity index (χ2n) is 3.60. The molecule has 0 aliphatic carbocycles. The molecule has 0 aliphatic rings. The van der Waals surface area contributed by atoms with Crippen LogP contribution in [0.5, 0.6) is 0 Å². The molecule has 0 atom stereocenters. The predicted molar refractivity (Wildman–Crippen MR) is 74.2 cm³/mol. The van der Waals surface area contributed by atoms with Crippen LogP contribution in [-0.4, -0.2) is 28.5 Å². The smallest absolute Gasteiger partial charge is 0.316 e. The molecule has 88 valence electrons. The highest BCUT2D eigenvalue weighted by atomic mass is 24.3. The molecule has 0 unspecified atom stereocenters. The van der Waals surface area contributed by atoms with Gasteiger partial charge in [0.2, 0.25) is 0 Å². The fourth-order valence-electron chi connectivity index (χ4n) is 1.59. The molecule has 2 aromatic rings. The van der Waals surface area contributed by atoms with E-state index in [2.05, 4.69) is 0 Å². The van der Waals surface area contributed by atoms with Gasteiger partial charge >= 0.3 is 23.1 Å². The topological polar surface area (TPSA) is 83.5 Å². The van der Waals surface area contributed by atoms with Gasteiger partial charge < -0.3 is 16.9 Å². The third-order valence-corrected chi connectivity index (χ3v) is 2.50. The van der Waals surface area contributed by atoms with Crippen molar-refractivity contribution >= 4 is 23.1 Å². The van der Waals surface area contributed by atoms with Gasteiger partial charge in [-0.1, -0.05) is 60.7 Å². The Hall–Kier alpha value is -0.914. The summed E-state index contributed by atoms with van der Waals surface area (Å²) in [5.41, 5.74) is 13.2. The van der Waals surface area contributed by atoms with E-state index in [-0.39, 0.29) is 28.5 Å². The van der Waals surface area contributed by atoms with Crippen LogP contribution in [0.1, 0.15) is 11.1 Å². The Balaban J connectivity index is 0.00000128. The number of rotatable bonds is 2. The molecule has 0 heterocycles. The van der Waals surface area contributed by atoms with Crippen molar-refractivity contribution in [3.63, 3.8) is 0 Å². The van der Waals surface area contributed by atoms with E-state index in [1.165, 1.54) is 0 Å². The van der Waals surface area contributed by atoms with Crippen molar-refractivity contribution in [1.29, 1.82) is 0 Å². The number of nitrogens with two attached hydrogens (primary N) is 2. The summed E-state index contributed by atoms with van der Waals surface area (Å²) in [4.78, 5) is 0. The summed E-state index contributed by atoms with van der Waals surface area (Å²) < 4.78 is 0. The summed E-state index contributed by atoms with van der Waals surface area (Å²) in [7, 11) is 0. The maximum absolute atomic E-state index is 6.14. The molecule has 0 aromatic heterocycles. The molecule has 2 aromatic carbocycles. The maximum atomic E-state index is 6.14. The number of hydrogen-bond donors (Lipinski definition) is 2. The van der Waals surface area contributed by atoms with E-state index in [4.69, 9.17) is 11.5 Å². The minimum Gasteiger partial charge on any atom is -0.412 e. The standard InChI is InChI=1S/C13H14N2.Mg.H2O.2H/c14-13(15,11-7-3-1-4-8-11)12-9-5-2-6-10-12;;;;/h1-10H,14-15H2;;1H2;;. The SMILES string of the molecule is NC(N)(c1ccccc1)c1ccccc1.O.[MgH2]. The Kier molecular flexibility index (Phi) is 6.37. The van der Waals surface area contributed by atoms with Gasteiger partial charge in [-0.25, -0.2) is 0 Å². The van der Waals surface area contributed by atoms with Crippen LogP contribution in [0.25, 0.3) is 0 Å². The second-order valence-corrected chi connectivity index (χ2v) is 3.60. The molecule has 0 spiro atoms. The van der Waals surface area contributed by atoms with Crippen LogP contribution in [0, 0.1) is 0 Å². The minimum absolute atomic E-state index is 0. The van der Waals surface area contributed by atoms with E-state index in [1.807, 2.05) is 60.7 Å². The molecule has 3 nitrogen and oxygen atoms in total. The third kappa shape index (κ3) is 3.52. The Bertz CT molecular complexity index is 390. The summed E-state index contributed by atoms with van der Waals surface area (Å²) in [5, 5.41) is 0. The minimum atomic E-state index is -0.914. The fraction of sp³-hybridized carbons (Fsp3) is 0.0769. The highest BCUT2D eigenvalue weighted by Crippen LogP contribution is 2.20. The summed E-state index contributed by atoms with van der Waals surface area (Å²) in [5.74, 6) is 0. The average molecular weight is 243 g/mol. The molecule has 0 amide bonds. The first-order chi connectivity index (χ1) is 7.21. The van der Waals surface area contributed by atoms with Gasteiger partial charge in [-0.15, -0.1) is 0 Å². The van der Waals surface area contributed by atoms with E-state index in [1.54, 1.807) is 0 Å². The normalized spacial score (nSPS) is 10.0. The highest BCUT2D eigenvalue weighted by molar-refractivity contribution is 5.75. The lowest BCUT2D eigenvalue weighted by Gasteiger charge is -2.25. The average Bonchev–Trinajstić information content (AvgIpc) is 2.31. The first-order valence-electron chi connectivity index (χ1n) is 4.90. The van der Waals surface area contributed by atoms with E-state index in [9.17, 15) is 0 Å². The summed E-state index contributed by atoms with van der Waals surface area (Å²) >= 11 is 0. The zero-order valence-electron chi connectivity index (χ0n) is 8.93. The van der Waals surface area contributed by atoms with Crippen molar-refractivity contribution < 1.29 is 5.48 Å². The lowest BCUT2D eigenvalue weighted by molar-refractivity contribution is 0.567. The molecular formula is C13H18MgN2O. The molecular weight excluding hydrogens is 224 g/mol. The van der Waals surface area contributed by atoms with Crippen LogP contribution in [0.4, 0.5) is 0 Å². The lowest BCUT2D eigenvalue weighted by Crippen LogP contribution is -2.46. The van der Waals surface area contributed by atoms with Gasteiger partial charge in [0.15, 0.2) is 0 Å². The van der Waals surface area contributed by atoms with Crippen molar-refractivity contribution in [2.75, 3.05) is 0 Å². The van der Waals surface area contributed by atoms with Crippen LogP contribution in [-0.2, 0) is 5.66 Å². The van der Waals surface area contributed by atoms with Crippen LogP contribution < -0.4 is 11.5 Å². The molecule has 0 saturated carbocycles. The van der Waals surface area contributed by atoms with Crippen molar-refractivity contribution in [3.05, 3.63) is 71.8 Å². The highest BCUT2D eigenvalue weighted by Gasteiger charge is 2.23. The van der Waals surface area contributed by atoms with E-state index >= 15 is 0 Å². The molecule has 6 N–H and O–H groups in total. The Labute approximate surface area is 117 Å². The fourth-order valence-corrected chi connectivity index (χ4v) is 1.59. The molecule has 4 heteroatoms. The maximum Gasteiger partial charge on any atom is 0.316 e. The van der Waals surface area contributed by atoms with Crippen LogP contribution >= 0.6 is 0 Å². The molecule has 0 saturated heterocycles. The van der Waals surface area contributed by atoms with Crippen LogP contribution in [0.2, 0.25) is 0 Å². The van der Waals surface area contributed by atoms with Gasteiger partial charge in [-0.3, -0.25) is 0 Å². The Morgan fingerprint density at radius 2 is 0.941 bits per heavy atom. The van der Waals surface area contributed by atoms with Crippen molar-refractivity contribution in [3.8, 4) is 0 Å². The van der Waals surface area contributed by atoms with E-state index < -0.39 is 5.66 Å². The van der Waals surface area contributed by atoms with E-state index in [0.717, 1.165) is 11.1 Å². The van der Waals surface area contributed by atoms with Gasteiger partial charge in [0.05, 0.1) is 0 Å². The molecule has 0 bridgehead atoms. The number of benzene rings is 2. The molecule has 0 radical (unpaired) electrons. The van der Waals surface area contributed by atoms with Crippen molar-refractivity contribution in [2.24, 2.45) is 11.5 Å². The molecule has 0 fully saturated rings. The summed E-state index contributed by atoms with van der Waals surface area (Å²) in [6.07, 6.45) is 0. The molecule has 17 heavy (non-hydrogen) atoms. The van der Waals surface area contributed by atoms with Crippen molar-refractivity contribution in [1.82, 2.24) is 0 Å². The second kappa shape index (κ2) is 6.73. The zero-order valence-corrected chi connectivity index (χ0v) is 8.93. The van der Waals surface area contributed by atoms with E-state index in [0.29, 0.717) is 0 Å². The largest absolute Gasteiger partial charge is 0.412 e. The van der Waals surface area contributed by atoms with Crippen molar-refractivity contribution in [2.45, 2.75) is 5.66 Å².